The molecule has 4 heterocycles. The number of aromatic nitrogens is 3. The maximum absolute atomic E-state index is 6.10. The van der Waals surface area contributed by atoms with E-state index >= 15 is 0 Å². The number of fused-ring (bicyclic) bond motifs is 2. The highest BCUT2D eigenvalue weighted by Crippen LogP contribution is 2.43. The number of pyridine rings is 1. The number of hydrogen-bond acceptors (Lipinski definition) is 7. The highest BCUT2D eigenvalue weighted by atomic mass is 79.9. The van der Waals surface area contributed by atoms with Gasteiger partial charge in [-0.2, -0.15) is 0 Å². The lowest BCUT2D eigenvalue weighted by molar-refractivity contribution is 0.174. The number of nitrogen functional groups attached to an aromatic ring is 1. The van der Waals surface area contributed by atoms with Crippen LogP contribution in [0.4, 0.5) is 5.82 Å². The summed E-state index contributed by atoms with van der Waals surface area (Å²) in [6.07, 6.45) is 4.08. The van der Waals surface area contributed by atoms with Crippen LogP contribution in [0.2, 0.25) is 0 Å². The highest BCUT2D eigenvalue weighted by Gasteiger charge is 2.21. The third-order valence-electron chi connectivity index (χ3n) is 5.21. The molecule has 146 valence electrons. The van der Waals surface area contributed by atoms with Crippen LogP contribution >= 0.6 is 27.7 Å². The second-order valence-corrected chi connectivity index (χ2v) is 8.86. The fraction of sp³-hybridized carbons (Fsp3) is 0.368. The molecule has 3 aromatic rings. The molecule has 1 aromatic carbocycles. The number of hydrogen-bond donors (Lipinski definition) is 2. The summed E-state index contributed by atoms with van der Waals surface area (Å²) < 4.78 is 14.2. The van der Waals surface area contributed by atoms with Crippen molar-refractivity contribution in [2.75, 3.05) is 25.6 Å². The van der Waals surface area contributed by atoms with Crippen molar-refractivity contribution in [1.29, 1.82) is 0 Å². The first-order valence-electron chi connectivity index (χ1n) is 9.27. The molecule has 0 bridgehead atoms. The zero-order valence-corrected chi connectivity index (χ0v) is 17.6. The van der Waals surface area contributed by atoms with Crippen molar-refractivity contribution in [3.63, 3.8) is 0 Å². The van der Waals surface area contributed by atoms with Gasteiger partial charge in [-0.25, -0.2) is 9.97 Å². The normalized spacial score (nSPS) is 18.2. The third kappa shape index (κ3) is 3.31. The van der Waals surface area contributed by atoms with Gasteiger partial charge in [0.15, 0.2) is 22.5 Å². The molecule has 0 radical (unpaired) electrons. The van der Waals surface area contributed by atoms with Crippen LogP contribution in [0.3, 0.4) is 0 Å². The molecule has 1 fully saturated rings. The van der Waals surface area contributed by atoms with E-state index in [1.54, 1.807) is 18.0 Å². The lowest BCUT2D eigenvalue weighted by Gasteiger charge is -2.13. The predicted molar refractivity (Wildman–Crippen MR) is 112 cm³/mol. The van der Waals surface area contributed by atoms with Crippen LogP contribution in [0, 0.1) is 5.92 Å². The number of nitrogens with zero attached hydrogens (tertiary/aromatic N) is 3. The molecule has 0 amide bonds. The second kappa shape index (κ2) is 7.46. The van der Waals surface area contributed by atoms with Crippen molar-refractivity contribution < 1.29 is 9.47 Å². The van der Waals surface area contributed by atoms with Gasteiger partial charge in [-0.15, -0.1) is 0 Å². The predicted octanol–water partition coefficient (Wildman–Crippen LogP) is 3.66. The van der Waals surface area contributed by atoms with Crippen LogP contribution in [-0.2, 0) is 6.54 Å². The lowest BCUT2D eigenvalue weighted by Crippen LogP contribution is -2.11. The third-order valence-corrected chi connectivity index (χ3v) is 7.18. The molecule has 7 nitrogen and oxygen atoms in total. The molecule has 0 aliphatic carbocycles. The Morgan fingerprint density at radius 3 is 3.00 bits per heavy atom. The number of rotatable bonds is 5. The van der Waals surface area contributed by atoms with Crippen LogP contribution < -0.4 is 20.5 Å². The Bertz CT molecular complexity index is 1030. The Morgan fingerprint density at radius 1 is 1.32 bits per heavy atom. The summed E-state index contributed by atoms with van der Waals surface area (Å²) in [5, 5.41) is 4.35. The molecule has 1 saturated heterocycles. The molecule has 2 aliphatic heterocycles. The van der Waals surface area contributed by atoms with E-state index in [2.05, 4.69) is 30.8 Å². The Labute approximate surface area is 175 Å². The molecule has 0 saturated carbocycles. The molecule has 5 rings (SSSR count). The summed E-state index contributed by atoms with van der Waals surface area (Å²) in [7, 11) is 0. The van der Waals surface area contributed by atoms with Gasteiger partial charge < -0.3 is 25.1 Å². The Kier molecular flexibility index (Phi) is 4.82. The highest BCUT2D eigenvalue weighted by molar-refractivity contribution is 9.10. The fourth-order valence-electron chi connectivity index (χ4n) is 3.69. The van der Waals surface area contributed by atoms with E-state index in [0.29, 0.717) is 11.7 Å². The summed E-state index contributed by atoms with van der Waals surface area (Å²) in [5.74, 6) is 2.68. The van der Waals surface area contributed by atoms with Gasteiger partial charge in [0, 0.05) is 22.1 Å². The number of nitrogens with one attached hydrogen (secondary N) is 1. The molecule has 0 spiro atoms. The summed E-state index contributed by atoms with van der Waals surface area (Å²) >= 11 is 5.24. The summed E-state index contributed by atoms with van der Waals surface area (Å²) in [4.78, 5) is 10.0. The zero-order chi connectivity index (χ0) is 19.1. The van der Waals surface area contributed by atoms with Crippen LogP contribution in [0.5, 0.6) is 11.5 Å². The number of aryl methyl sites for hydroxylation is 1. The molecule has 1 unspecified atom stereocenters. The Hall–Kier alpha value is -1.97. The van der Waals surface area contributed by atoms with E-state index in [1.807, 2.05) is 18.2 Å². The van der Waals surface area contributed by atoms with Crippen LogP contribution in [0.25, 0.3) is 11.0 Å². The summed E-state index contributed by atoms with van der Waals surface area (Å²) in [6, 6.07) is 5.92. The van der Waals surface area contributed by atoms with Crippen molar-refractivity contribution in [3.05, 3.63) is 28.9 Å². The van der Waals surface area contributed by atoms with Crippen molar-refractivity contribution in [3.8, 4) is 11.5 Å². The number of imidazole rings is 1. The second-order valence-electron chi connectivity index (χ2n) is 7.00. The van der Waals surface area contributed by atoms with Crippen LogP contribution in [-0.4, -0.2) is 34.4 Å². The minimum atomic E-state index is 0.256. The standard InChI is InChI=1S/C19H20BrN5O2S/c20-12-7-14-15(27-10-26-14)8-16(12)28-19-24-17-13(2-5-23-18(17)21)25(19)6-3-11-1-4-22-9-11/h2,5,7-8,11,22H,1,3-4,6,9-10H2,(H2,21,23). The average Bonchev–Trinajstić information content (AvgIpc) is 3.41. The minimum Gasteiger partial charge on any atom is -0.454 e. The molecule has 2 aliphatic rings. The van der Waals surface area contributed by atoms with Gasteiger partial charge in [-0.3, -0.25) is 0 Å². The maximum atomic E-state index is 6.10. The quantitative estimate of drug-likeness (QED) is 0.599. The van der Waals surface area contributed by atoms with Gasteiger partial charge in [0.2, 0.25) is 6.79 Å². The smallest absolute Gasteiger partial charge is 0.231 e. The summed E-state index contributed by atoms with van der Waals surface area (Å²) in [5.41, 5.74) is 7.88. The molecular formula is C19H20BrN5O2S. The van der Waals surface area contributed by atoms with Crippen LogP contribution in [0.1, 0.15) is 12.8 Å². The zero-order valence-electron chi connectivity index (χ0n) is 15.2. The van der Waals surface area contributed by atoms with E-state index in [-0.39, 0.29) is 6.79 Å². The first kappa shape index (κ1) is 18.1. The Morgan fingerprint density at radius 2 is 2.18 bits per heavy atom. The van der Waals surface area contributed by atoms with Crippen LogP contribution in [0.15, 0.2) is 38.9 Å². The van der Waals surface area contributed by atoms with Gasteiger partial charge in [-0.1, -0.05) is 11.8 Å². The topological polar surface area (TPSA) is 87.2 Å². The van der Waals surface area contributed by atoms with E-state index in [1.165, 1.54) is 6.42 Å². The molecule has 28 heavy (non-hydrogen) atoms. The van der Waals surface area contributed by atoms with Gasteiger partial charge in [0.05, 0.1) is 5.52 Å². The molecule has 1 atom stereocenters. The number of ether oxygens (including phenoxy) is 2. The maximum Gasteiger partial charge on any atom is 0.231 e. The van der Waals surface area contributed by atoms with Gasteiger partial charge >= 0.3 is 0 Å². The van der Waals surface area contributed by atoms with Gasteiger partial charge in [0.1, 0.15) is 5.52 Å². The molecular weight excluding hydrogens is 442 g/mol. The van der Waals surface area contributed by atoms with Crippen molar-refractivity contribution in [1.82, 2.24) is 19.9 Å². The minimum absolute atomic E-state index is 0.256. The Balaban J connectivity index is 1.51. The van der Waals surface area contributed by atoms with E-state index in [4.69, 9.17) is 20.2 Å². The first-order valence-corrected chi connectivity index (χ1v) is 10.9. The molecule has 9 heteroatoms. The number of nitrogens with two attached hydrogens (primary N) is 1. The van der Waals surface area contributed by atoms with Gasteiger partial charge in [-0.05, 0) is 66.0 Å². The van der Waals surface area contributed by atoms with Crippen molar-refractivity contribution >= 4 is 44.5 Å². The number of halogens is 1. The average molecular weight is 462 g/mol. The lowest BCUT2D eigenvalue weighted by atomic mass is 10.1. The number of benzene rings is 1. The monoisotopic (exact) mass is 461 g/mol. The van der Waals surface area contributed by atoms with E-state index in [0.717, 1.165) is 63.1 Å². The largest absolute Gasteiger partial charge is 0.454 e. The summed E-state index contributed by atoms with van der Waals surface area (Å²) in [6.45, 7) is 3.35. The van der Waals surface area contributed by atoms with Crippen molar-refractivity contribution in [2.45, 2.75) is 29.4 Å². The first-order chi connectivity index (χ1) is 13.7. The van der Waals surface area contributed by atoms with Crippen molar-refractivity contribution in [2.24, 2.45) is 5.92 Å². The molecule has 2 aromatic heterocycles. The van der Waals surface area contributed by atoms with Gasteiger partial charge in [0.25, 0.3) is 0 Å². The van der Waals surface area contributed by atoms with E-state index in [9.17, 15) is 0 Å². The fourth-order valence-corrected chi connectivity index (χ4v) is 5.21. The molecule has 3 N–H and O–H groups in total. The SMILES string of the molecule is Nc1nccc2c1nc(Sc1cc3c(cc1Br)OCO3)n2CCC1CCNC1. The number of anilines is 1. The van der Waals surface area contributed by atoms with E-state index < -0.39 is 0 Å².